The molecule has 0 radical (unpaired) electrons. The largest absolute Gasteiger partial charge is 0.325 e. The van der Waals surface area contributed by atoms with E-state index in [0.717, 1.165) is 30.7 Å². The predicted octanol–water partition coefficient (Wildman–Crippen LogP) is 1.65. The van der Waals surface area contributed by atoms with Gasteiger partial charge in [0, 0.05) is 19.3 Å². The minimum absolute atomic E-state index is 0.314. The maximum atomic E-state index is 12.7. The zero-order valence-electron chi connectivity index (χ0n) is 17.0. The first-order valence-electron chi connectivity index (χ1n) is 10.1. The first-order valence-corrected chi connectivity index (χ1v) is 10.1. The molecular weight excluding hydrogens is 368 g/mol. The van der Waals surface area contributed by atoms with Crippen molar-refractivity contribution in [3.63, 3.8) is 0 Å². The number of nitrogens with one attached hydrogen (secondary N) is 1. The number of aromatic nitrogens is 2. The Morgan fingerprint density at radius 3 is 2.55 bits per heavy atom. The number of imide groups is 1. The molecule has 0 saturated carbocycles. The molecule has 0 bridgehead atoms. The Labute approximate surface area is 170 Å². The van der Waals surface area contributed by atoms with Crippen molar-refractivity contribution in [3.8, 4) is 0 Å². The topological polar surface area (TPSA) is 82.8 Å². The van der Waals surface area contributed by atoms with Gasteiger partial charge < -0.3 is 9.80 Å². The highest BCUT2D eigenvalue weighted by Crippen LogP contribution is 2.26. The molecule has 2 aliphatic heterocycles. The van der Waals surface area contributed by atoms with Gasteiger partial charge in [0.05, 0.1) is 5.69 Å². The van der Waals surface area contributed by atoms with Crippen molar-refractivity contribution in [2.24, 2.45) is 4.99 Å². The van der Waals surface area contributed by atoms with Crippen LogP contribution in [-0.4, -0.2) is 63.3 Å². The molecule has 1 aromatic carbocycles. The Morgan fingerprint density at radius 1 is 1.10 bits per heavy atom. The lowest BCUT2D eigenvalue weighted by Gasteiger charge is -2.36. The molecule has 8 nitrogen and oxygen atoms in total. The quantitative estimate of drug-likeness (QED) is 0.836. The molecule has 1 N–H and O–H groups in total. The van der Waals surface area contributed by atoms with Crippen LogP contribution in [0.2, 0.25) is 0 Å². The minimum atomic E-state index is -0.560. The van der Waals surface area contributed by atoms with Crippen LogP contribution in [-0.2, 0) is 24.1 Å². The first kappa shape index (κ1) is 19.2. The molecule has 2 aromatic rings. The average Bonchev–Trinajstić information content (AvgIpc) is 3.32. The van der Waals surface area contributed by atoms with Gasteiger partial charge in [-0.3, -0.25) is 10.1 Å². The second kappa shape index (κ2) is 7.69. The number of nitrogens with zero attached hydrogens (tertiary/aromatic N) is 5. The average molecular weight is 394 g/mol. The number of amides is 3. The highest BCUT2D eigenvalue weighted by Gasteiger charge is 2.49. The molecule has 2 atom stereocenters. The maximum absolute atomic E-state index is 12.7. The van der Waals surface area contributed by atoms with Crippen molar-refractivity contribution in [2.45, 2.75) is 45.3 Å². The van der Waals surface area contributed by atoms with Crippen molar-refractivity contribution in [1.29, 1.82) is 0 Å². The number of rotatable bonds is 5. The standard InChI is InChI=1S/C21H26N6O2/c1-4-15-13-16(5-2)27(24-15)20-22-18-17(19(28)23-21(29)25(18)3)26(20)12-11-14-9-7-6-8-10-14/h6-10,13,17-18H,4-5,11-12H2,1-3H3,(H,23,28,29). The number of fused-ring (bicyclic) bond motifs is 1. The van der Waals surface area contributed by atoms with Crippen molar-refractivity contribution >= 4 is 17.9 Å². The van der Waals surface area contributed by atoms with Crippen LogP contribution in [0.25, 0.3) is 0 Å². The second-order valence-corrected chi connectivity index (χ2v) is 7.37. The lowest BCUT2D eigenvalue weighted by Crippen LogP contribution is -2.64. The Bertz CT molecular complexity index is 951. The Morgan fingerprint density at radius 2 is 1.86 bits per heavy atom. The molecule has 1 fully saturated rings. The molecule has 152 valence electrons. The normalized spacial score (nSPS) is 21.3. The number of aryl methyl sites for hydroxylation is 2. The molecule has 4 rings (SSSR count). The van der Waals surface area contributed by atoms with Gasteiger partial charge in [0.15, 0.2) is 12.2 Å². The fourth-order valence-corrected chi connectivity index (χ4v) is 3.89. The molecule has 1 aromatic heterocycles. The molecule has 1 saturated heterocycles. The molecule has 2 unspecified atom stereocenters. The number of likely N-dealkylation sites (N-methyl/N-ethyl adjacent to an activating group) is 1. The van der Waals surface area contributed by atoms with E-state index in [1.54, 1.807) is 7.05 Å². The highest BCUT2D eigenvalue weighted by atomic mass is 16.2. The summed E-state index contributed by atoms with van der Waals surface area (Å²) < 4.78 is 1.84. The van der Waals surface area contributed by atoms with Crippen molar-refractivity contribution in [1.82, 2.24) is 24.9 Å². The fourth-order valence-electron chi connectivity index (χ4n) is 3.89. The maximum Gasteiger partial charge on any atom is 0.325 e. The van der Waals surface area contributed by atoms with E-state index in [2.05, 4.69) is 37.4 Å². The molecule has 3 heterocycles. The molecule has 3 amide bonds. The van der Waals surface area contributed by atoms with Gasteiger partial charge in [-0.2, -0.15) is 5.10 Å². The molecule has 8 heteroatoms. The van der Waals surface area contributed by atoms with E-state index in [4.69, 9.17) is 10.1 Å². The number of carbonyl (C=O) groups excluding carboxylic acids is 2. The smallest absolute Gasteiger partial charge is 0.325 e. The van der Waals surface area contributed by atoms with Crippen LogP contribution in [0.4, 0.5) is 4.79 Å². The van der Waals surface area contributed by atoms with Gasteiger partial charge >= 0.3 is 6.03 Å². The number of carbonyl (C=O) groups is 2. The zero-order chi connectivity index (χ0) is 20.5. The Kier molecular flexibility index (Phi) is 5.08. The third-order valence-electron chi connectivity index (χ3n) is 5.57. The summed E-state index contributed by atoms with van der Waals surface area (Å²) in [6.45, 7) is 4.74. The molecule has 2 aliphatic rings. The number of urea groups is 1. The van der Waals surface area contributed by atoms with E-state index in [0.29, 0.717) is 12.5 Å². The van der Waals surface area contributed by atoms with Crippen LogP contribution in [0, 0.1) is 0 Å². The van der Waals surface area contributed by atoms with Gasteiger partial charge in [0.1, 0.15) is 0 Å². The van der Waals surface area contributed by atoms with Crippen molar-refractivity contribution in [3.05, 3.63) is 53.3 Å². The van der Waals surface area contributed by atoms with E-state index in [-0.39, 0.29) is 5.91 Å². The van der Waals surface area contributed by atoms with E-state index >= 15 is 0 Å². The summed E-state index contributed by atoms with van der Waals surface area (Å²) in [6.07, 6.45) is 1.83. The third-order valence-corrected chi connectivity index (χ3v) is 5.57. The van der Waals surface area contributed by atoms with Crippen LogP contribution in [0.1, 0.15) is 30.8 Å². The van der Waals surface area contributed by atoms with Crippen LogP contribution < -0.4 is 5.32 Å². The van der Waals surface area contributed by atoms with E-state index in [1.165, 1.54) is 10.5 Å². The summed E-state index contributed by atoms with van der Waals surface area (Å²) in [5, 5.41) is 7.17. The van der Waals surface area contributed by atoms with Gasteiger partial charge in [-0.05, 0) is 30.9 Å². The number of aliphatic imine (C=N–C) groups is 1. The zero-order valence-corrected chi connectivity index (χ0v) is 17.0. The van der Waals surface area contributed by atoms with Crippen LogP contribution in [0.15, 0.2) is 41.4 Å². The fraction of sp³-hybridized carbons (Fsp3) is 0.429. The van der Waals surface area contributed by atoms with Gasteiger partial charge in [0.2, 0.25) is 5.96 Å². The van der Waals surface area contributed by atoms with Gasteiger partial charge in [-0.25, -0.2) is 14.5 Å². The van der Waals surface area contributed by atoms with Crippen molar-refractivity contribution in [2.75, 3.05) is 13.6 Å². The molecule has 0 spiro atoms. The summed E-state index contributed by atoms with van der Waals surface area (Å²) in [5.74, 6) is 0.315. The first-order chi connectivity index (χ1) is 14.0. The van der Waals surface area contributed by atoms with E-state index in [1.807, 2.05) is 27.8 Å². The predicted molar refractivity (Wildman–Crippen MR) is 110 cm³/mol. The third kappa shape index (κ3) is 3.39. The minimum Gasteiger partial charge on any atom is -0.325 e. The number of benzene rings is 1. The van der Waals surface area contributed by atoms with E-state index < -0.39 is 18.2 Å². The summed E-state index contributed by atoms with van der Waals surface area (Å²) in [7, 11) is 1.67. The van der Waals surface area contributed by atoms with Crippen LogP contribution in [0.3, 0.4) is 0 Å². The van der Waals surface area contributed by atoms with Crippen molar-refractivity contribution < 1.29 is 9.59 Å². The lowest BCUT2D eigenvalue weighted by atomic mass is 10.1. The summed E-state index contributed by atoms with van der Waals surface area (Å²) in [6, 6.07) is 11.2. The van der Waals surface area contributed by atoms with Crippen LogP contribution in [0.5, 0.6) is 0 Å². The van der Waals surface area contributed by atoms with Gasteiger partial charge in [-0.1, -0.05) is 44.2 Å². The number of hydrogen-bond donors (Lipinski definition) is 1. The summed E-state index contributed by atoms with van der Waals surface area (Å²) >= 11 is 0. The second-order valence-electron chi connectivity index (χ2n) is 7.37. The van der Waals surface area contributed by atoms with E-state index in [9.17, 15) is 9.59 Å². The lowest BCUT2D eigenvalue weighted by molar-refractivity contribution is -0.127. The Hall–Kier alpha value is -3.16. The monoisotopic (exact) mass is 394 g/mol. The summed E-state index contributed by atoms with van der Waals surface area (Å²) in [4.78, 5) is 33.2. The Balaban J connectivity index is 1.72. The van der Waals surface area contributed by atoms with Crippen LogP contribution >= 0.6 is 0 Å². The summed E-state index contributed by atoms with van der Waals surface area (Å²) in [5.41, 5.74) is 3.20. The van der Waals surface area contributed by atoms with Gasteiger partial charge in [-0.15, -0.1) is 0 Å². The molecule has 29 heavy (non-hydrogen) atoms. The molecule has 0 aliphatic carbocycles. The highest BCUT2D eigenvalue weighted by molar-refractivity contribution is 6.04. The molecular formula is C21H26N6O2. The van der Waals surface area contributed by atoms with Gasteiger partial charge in [0.25, 0.3) is 5.91 Å². The number of hydrogen-bond acceptors (Lipinski definition) is 5. The SMILES string of the molecule is CCc1cc(CC)n(C2=NC3C(C(=O)NC(=O)N3C)N2CCc2ccccc2)n1.